The van der Waals surface area contributed by atoms with Crippen LogP contribution in [0.15, 0.2) is 12.3 Å². The molecule has 4 nitrogen and oxygen atoms in total. The van der Waals surface area contributed by atoms with E-state index in [1.807, 2.05) is 19.9 Å². The number of hydrogen-bond donors (Lipinski definition) is 0. The van der Waals surface area contributed by atoms with Crippen molar-refractivity contribution in [1.82, 2.24) is 19.6 Å². The molecule has 2 aromatic rings. The summed E-state index contributed by atoms with van der Waals surface area (Å²) in [6.07, 6.45) is 1.73. The number of aryl methyl sites for hydroxylation is 2. The van der Waals surface area contributed by atoms with E-state index in [1.165, 1.54) is 0 Å². The lowest BCUT2D eigenvalue weighted by Crippen LogP contribution is -1.95. The topological polar surface area (TPSA) is 43.1 Å². The molecule has 0 saturated carbocycles. The molecular formula is C7H8N4. The molecular weight excluding hydrogens is 140 g/mol. The second-order valence-electron chi connectivity index (χ2n) is 2.42. The van der Waals surface area contributed by atoms with E-state index in [0.29, 0.717) is 0 Å². The van der Waals surface area contributed by atoms with Crippen LogP contribution in [0.25, 0.3) is 5.65 Å². The fourth-order valence-electron chi connectivity index (χ4n) is 1.04. The Morgan fingerprint density at radius 2 is 2.18 bits per heavy atom. The average molecular weight is 148 g/mol. The minimum absolute atomic E-state index is 0.779. The molecule has 0 unspecified atom stereocenters. The number of fused-ring (bicyclic) bond motifs is 1. The van der Waals surface area contributed by atoms with Gasteiger partial charge in [-0.05, 0) is 13.8 Å². The standard InChI is InChI=1S/C7H8N4/c1-5-9-7-3-4-8-6(2)11(7)10-5/h3-4H,1-2H3. The first-order valence-corrected chi connectivity index (χ1v) is 3.42. The van der Waals surface area contributed by atoms with Crippen molar-refractivity contribution in [2.75, 3.05) is 0 Å². The molecule has 0 aliphatic heterocycles. The van der Waals surface area contributed by atoms with E-state index in [2.05, 4.69) is 15.1 Å². The maximum Gasteiger partial charge on any atom is 0.159 e. The van der Waals surface area contributed by atoms with Gasteiger partial charge < -0.3 is 0 Å². The highest BCUT2D eigenvalue weighted by Gasteiger charge is 1.99. The van der Waals surface area contributed by atoms with Gasteiger partial charge in [0.15, 0.2) is 5.65 Å². The molecule has 4 heteroatoms. The Kier molecular flexibility index (Phi) is 1.15. The van der Waals surface area contributed by atoms with Crippen LogP contribution in [0.2, 0.25) is 0 Å². The molecule has 0 saturated heterocycles. The van der Waals surface area contributed by atoms with Gasteiger partial charge in [0, 0.05) is 12.3 Å². The van der Waals surface area contributed by atoms with Gasteiger partial charge in [-0.25, -0.2) is 9.97 Å². The fraction of sp³-hybridized carbons (Fsp3) is 0.286. The Bertz CT molecular complexity index is 390. The van der Waals surface area contributed by atoms with Crippen LogP contribution < -0.4 is 0 Å². The zero-order valence-corrected chi connectivity index (χ0v) is 6.44. The normalized spacial score (nSPS) is 10.7. The van der Waals surface area contributed by atoms with E-state index < -0.39 is 0 Å². The molecule has 0 spiro atoms. The second kappa shape index (κ2) is 2.02. The summed E-state index contributed by atoms with van der Waals surface area (Å²) in [5, 5.41) is 4.16. The third kappa shape index (κ3) is 0.869. The van der Waals surface area contributed by atoms with Crippen LogP contribution in [0.1, 0.15) is 11.6 Å². The van der Waals surface area contributed by atoms with Gasteiger partial charge in [0.25, 0.3) is 0 Å². The summed E-state index contributed by atoms with van der Waals surface area (Å²) in [6.45, 7) is 3.77. The van der Waals surface area contributed by atoms with Crippen LogP contribution >= 0.6 is 0 Å². The zero-order valence-electron chi connectivity index (χ0n) is 6.44. The molecule has 0 amide bonds. The monoisotopic (exact) mass is 148 g/mol. The fourth-order valence-corrected chi connectivity index (χ4v) is 1.04. The van der Waals surface area contributed by atoms with Crippen molar-refractivity contribution >= 4 is 5.65 Å². The van der Waals surface area contributed by atoms with E-state index in [4.69, 9.17) is 0 Å². The van der Waals surface area contributed by atoms with E-state index >= 15 is 0 Å². The van der Waals surface area contributed by atoms with Gasteiger partial charge in [0.05, 0.1) is 0 Å². The Labute approximate surface area is 63.9 Å². The molecule has 56 valence electrons. The molecule has 0 aromatic carbocycles. The lowest BCUT2D eigenvalue weighted by Gasteiger charge is -1.92. The first kappa shape index (κ1) is 6.27. The van der Waals surface area contributed by atoms with E-state index in [0.717, 1.165) is 17.3 Å². The molecule has 2 heterocycles. The van der Waals surface area contributed by atoms with Gasteiger partial charge in [-0.3, -0.25) is 0 Å². The van der Waals surface area contributed by atoms with Gasteiger partial charge in [-0.15, -0.1) is 5.10 Å². The van der Waals surface area contributed by atoms with Crippen molar-refractivity contribution in [3.63, 3.8) is 0 Å². The molecule has 0 atom stereocenters. The predicted molar refractivity (Wildman–Crippen MR) is 40.3 cm³/mol. The molecule has 2 aromatic heterocycles. The number of rotatable bonds is 0. The average Bonchev–Trinajstić information content (AvgIpc) is 2.31. The number of aromatic nitrogens is 4. The smallest absolute Gasteiger partial charge is 0.159 e. The summed E-state index contributed by atoms with van der Waals surface area (Å²) < 4.78 is 1.73. The lowest BCUT2D eigenvalue weighted by molar-refractivity contribution is 0.848. The summed E-state index contributed by atoms with van der Waals surface area (Å²) in [7, 11) is 0. The van der Waals surface area contributed by atoms with Crippen LogP contribution in [-0.4, -0.2) is 19.6 Å². The van der Waals surface area contributed by atoms with Crippen LogP contribution in [0.3, 0.4) is 0 Å². The summed E-state index contributed by atoms with van der Waals surface area (Å²) >= 11 is 0. The molecule has 0 aliphatic rings. The molecule has 0 N–H and O–H groups in total. The molecule has 2 rings (SSSR count). The summed E-state index contributed by atoms with van der Waals surface area (Å²) in [5.41, 5.74) is 0.856. The van der Waals surface area contributed by atoms with Gasteiger partial charge >= 0.3 is 0 Å². The van der Waals surface area contributed by atoms with Crippen molar-refractivity contribution in [2.24, 2.45) is 0 Å². The Morgan fingerprint density at radius 1 is 1.36 bits per heavy atom. The SMILES string of the molecule is Cc1nc2ccnc(C)n2n1. The number of hydrogen-bond acceptors (Lipinski definition) is 3. The molecule has 0 fully saturated rings. The Balaban J connectivity index is 2.90. The summed E-state index contributed by atoms with van der Waals surface area (Å²) in [4.78, 5) is 8.27. The minimum atomic E-state index is 0.779. The van der Waals surface area contributed by atoms with E-state index in [-0.39, 0.29) is 0 Å². The highest BCUT2D eigenvalue weighted by molar-refractivity contribution is 5.35. The van der Waals surface area contributed by atoms with Crippen LogP contribution in [0.4, 0.5) is 0 Å². The van der Waals surface area contributed by atoms with Crippen molar-refractivity contribution in [3.05, 3.63) is 23.9 Å². The first-order valence-electron chi connectivity index (χ1n) is 3.42. The van der Waals surface area contributed by atoms with Crippen LogP contribution in [0.5, 0.6) is 0 Å². The minimum Gasteiger partial charge on any atom is -0.241 e. The molecule has 11 heavy (non-hydrogen) atoms. The van der Waals surface area contributed by atoms with E-state index in [1.54, 1.807) is 10.7 Å². The van der Waals surface area contributed by atoms with Crippen molar-refractivity contribution in [3.8, 4) is 0 Å². The molecule has 0 aliphatic carbocycles. The second-order valence-corrected chi connectivity index (χ2v) is 2.42. The lowest BCUT2D eigenvalue weighted by atomic mass is 10.6. The highest BCUT2D eigenvalue weighted by atomic mass is 15.3. The van der Waals surface area contributed by atoms with Gasteiger partial charge in [0.2, 0.25) is 0 Å². The summed E-state index contributed by atoms with van der Waals surface area (Å²) in [6, 6.07) is 1.84. The maximum atomic E-state index is 4.19. The third-order valence-corrected chi connectivity index (χ3v) is 1.53. The van der Waals surface area contributed by atoms with Crippen molar-refractivity contribution in [1.29, 1.82) is 0 Å². The molecule has 0 bridgehead atoms. The quantitative estimate of drug-likeness (QED) is 0.553. The maximum absolute atomic E-state index is 4.19. The van der Waals surface area contributed by atoms with E-state index in [9.17, 15) is 0 Å². The van der Waals surface area contributed by atoms with Gasteiger partial charge in [-0.1, -0.05) is 0 Å². The Morgan fingerprint density at radius 3 is 2.91 bits per heavy atom. The van der Waals surface area contributed by atoms with Gasteiger partial charge in [-0.2, -0.15) is 4.52 Å². The first-order chi connectivity index (χ1) is 5.27. The molecule has 0 radical (unpaired) electrons. The predicted octanol–water partition coefficient (Wildman–Crippen LogP) is 0.741. The van der Waals surface area contributed by atoms with Gasteiger partial charge in [0.1, 0.15) is 11.6 Å². The summed E-state index contributed by atoms with van der Waals surface area (Å²) in [5.74, 6) is 1.64. The van der Waals surface area contributed by atoms with Crippen molar-refractivity contribution in [2.45, 2.75) is 13.8 Å². The Hall–Kier alpha value is -1.45. The third-order valence-electron chi connectivity index (χ3n) is 1.53. The van der Waals surface area contributed by atoms with Crippen LogP contribution in [0, 0.1) is 13.8 Å². The van der Waals surface area contributed by atoms with Crippen molar-refractivity contribution < 1.29 is 0 Å². The van der Waals surface area contributed by atoms with Crippen LogP contribution in [-0.2, 0) is 0 Å². The number of nitrogens with zero attached hydrogens (tertiary/aromatic N) is 4. The zero-order chi connectivity index (χ0) is 7.84. The largest absolute Gasteiger partial charge is 0.241 e. The highest BCUT2D eigenvalue weighted by Crippen LogP contribution is 2.00.